The van der Waals surface area contributed by atoms with E-state index < -0.39 is 22.9 Å². The van der Waals surface area contributed by atoms with Crippen LogP contribution in [0.5, 0.6) is 0 Å². The predicted octanol–water partition coefficient (Wildman–Crippen LogP) is 2.14. The average Bonchev–Trinajstić information content (AvgIpc) is 2.64. The molecule has 140 valence electrons. The van der Waals surface area contributed by atoms with Crippen molar-refractivity contribution in [2.45, 2.75) is 12.7 Å². The van der Waals surface area contributed by atoms with Crippen LogP contribution in [0, 0.1) is 0 Å². The number of carbonyl (C=O) groups is 1. The Morgan fingerprint density at radius 1 is 1.07 bits per heavy atom. The van der Waals surface area contributed by atoms with Crippen molar-refractivity contribution in [3.63, 3.8) is 0 Å². The SMILES string of the molecule is O=C(NCCn1c(=O)c(=O)[nH]c2cc(C(F)(F)F)ccc21)c1ccccc1. The fourth-order valence-corrected chi connectivity index (χ4v) is 2.65. The largest absolute Gasteiger partial charge is 0.416 e. The molecule has 0 saturated heterocycles. The first kappa shape index (κ1) is 18.4. The molecule has 6 nitrogen and oxygen atoms in total. The van der Waals surface area contributed by atoms with E-state index in [1.165, 1.54) is 0 Å². The summed E-state index contributed by atoms with van der Waals surface area (Å²) in [6.45, 7) is -0.0452. The molecule has 0 unspecified atom stereocenters. The van der Waals surface area contributed by atoms with Crippen LogP contribution in [0.4, 0.5) is 13.2 Å². The van der Waals surface area contributed by atoms with Crippen LogP contribution in [0.15, 0.2) is 58.1 Å². The minimum atomic E-state index is -4.57. The van der Waals surface area contributed by atoms with Gasteiger partial charge in [0.1, 0.15) is 0 Å². The van der Waals surface area contributed by atoms with E-state index in [1.54, 1.807) is 30.3 Å². The van der Waals surface area contributed by atoms with Crippen molar-refractivity contribution in [3.8, 4) is 0 Å². The Bertz CT molecular complexity index is 1100. The maximum atomic E-state index is 12.8. The first-order valence-electron chi connectivity index (χ1n) is 7.95. The second-order valence-electron chi connectivity index (χ2n) is 5.76. The van der Waals surface area contributed by atoms with Gasteiger partial charge in [-0.2, -0.15) is 13.2 Å². The molecule has 1 amide bonds. The van der Waals surface area contributed by atoms with Crippen LogP contribution in [0.1, 0.15) is 15.9 Å². The van der Waals surface area contributed by atoms with E-state index in [2.05, 4.69) is 10.3 Å². The van der Waals surface area contributed by atoms with E-state index in [4.69, 9.17) is 0 Å². The molecule has 1 aromatic heterocycles. The van der Waals surface area contributed by atoms with Crippen molar-refractivity contribution in [1.29, 1.82) is 0 Å². The molecule has 0 aliphatic carbocycles. The second-order valence-corrected chi connectivity index (χ2v) is 5.76. The Labute approximate surface area is 150 Å². The zero-order valence-corrected chi connectivity index (χ0v) is 13.8. The number of rotatable bonds is 4. The number of nitrogens with one attached hydrogen (secondary N) is 2. The lowest BCUT2D eigenvalue weighted by Gasteiger charge is -2.12. The molecule has 0 fully saturated rings. The van der Waals surface area contributed by atoms with E-state index >= 15 is 0 Å². The molecule has 0 radical (unpaired) electrons. The highest BCUT2D eigenvalue weighted by Gasteiger charge is 2.30. The number of aromatic amines is 1. The van der Waals surface area contributed by atoms with Crippen LogP contribution >= 0.6 is 0 Å². The van der Waals surface area contributed by atoms with E-state index in [-0.39, 0.29) is 30.0 Å². The Kier molecular flexibility index (Phi) is 4.85. The van der Waals surface area contributed by atoms with Crippen LogP contribution in [0.3, 0.4) is 0 Å². The average molecular weight is 377 g/mol. The highest BCUT2D eigenvalue weighted by molar-refractivity contribution is 5.94. The van der Waals surface area contributed by atoms with Crippen molar-refractivity contribution in [2.75, 3.05) is 6.54 Å². The number of amides is 1. The van der Waals surface area contributed by atoms with Gasteiger partial charge in [-0.25, -0.2) is 0 Å². The van der Waals surface area contributed by atoms with Gasteiger partial charge < -0.3 is 14.9 Å². The summed E-state index contributed by atoms with van der Waals surface area (Å²) in [6.07, 6.45) is -4.57. The third-order valence-electron chi connectivity index (χ3n) is 3.96. The van der Waals surface area contributed by atoms with Gasteiger partial charge in [0.15, 0.2) is 0 Å². The molecule has 2 aromatic carbocycles. The van der Waals surface area contributed by atoms with Gasteiger partial charge in [0.05, 0.1) is 16.6 Å². The third kappa shape index (κ3) is 3.91. The number of fused-ring (bicyclic) bond motifs is 1. The lowest BCUT2D eigenvalue weighted by atomic mass is 10.2. The minimum absolute atomic E-state index is 0.0210. The summed E-state index contributed by atoms with van der Waals surface area (Å²) in [6, 6.07) is 11.1. The second kappa shape index (κ2) is 7.10. The summed E-state index contributed by atoms with van der Waals surface area (Å²) in [7, 11) is 0. The van der Waals surface area contributed by atoms with Crippen LogP contribution in [-0.2, 0) is 12.7 Å². The van der Waals surface area contributed by atoms with Crippen molar-refractivity contribution in [1.82, 2.24) is 14.9 Å². The highest BCUT2D eigenvalue weighted by atomic mass is 19.4. The molecule has 0 aliphatic heterocycles. The third-order valence-corrected chi connectivity index (χ3v) is 3.96. The first-order chi connectivity index (χ1) is 12.8. The number of aromatic nitrogens is 2. The number of H-pyrrole nitrogens is 1. The van der Waals surface area contributed by atoms with Gasteiger partial charge in [0, 0.05) is 18.7 Å². The Hall–Kier alpha value is -3.36. The van der Waals surface area contributed by atoms with Crippen LogP contribution in [-0.4, -0.2) is 22.0 Å². The number of nitrogens with zero attached hydrogens (tertiary/aromatic N) is 1. The molecule has 3 rings (SSSR count). The maximum Gasteiger partial charge on any atom is 0.416 e. The zero-order chi connectivity index (χ0) is 19.6. The number of alkyl halides is 3. The lowest BCUT2D eigenvalue weighted by Crippen LogP contribution is -2.39. The molecular weight excluding hydrogens is 363 g/mol. The maximum absolute atomic E-state index is 12.8. The summed E-state index contributed by atoms with van der Waals surface area (Å²) >= 11 is 0. The van der Waals surface area contributed by atoms with Crippen molar-refractivity contribution in [3.05, 3.63) is 80.4 Å². The van der Waals surface area contributed by atoms with Crippen LogP contribution < -0.4 is 16.4 Å². The van der Waals surface area contributed by atoms with Gasteiger partial charge in [0.2, 0.25) is 0 Å². The van der Waals surface area contributed by atoms with Gasteiger partial charge in [-0.1, -0.05) is 18.2 Å². The fourth-order valence-electron chi connectivity index (χ4n) is 2.65. The number of halogens is 3. The molecular formula is C18H14F3N3O3. The number of benzene rings is 2. The Morgan fingerprint density at radius 2 is 1.78 bits per heavy atom. The lowest BCUT2D eigenvalue weighted by molar-refractivity contribution is -0.137. The molecule has 1 heterocycles. The molecule has 9 heteroatoms. The monoisotopic (exact) mass is 377 g/mol. The summed E-state index contributed by atoms with van der Waals surface area (Å²) in [5.74, 6) is -0.364. The normalized spacial score (nSPS) is 11.5. The summed E-state index contributed by atoms with van der Waals surface area (Å²) in [4.78, 5) is 38.0. The first-order valence-corrected chi connectivity index (χ1v) is 7.95. The smallest absolute Gasteiger partial charge is 0.350 e. The molecule has 3 aromatic rings. The van der Waals surface area contributed by atoms with Crippen molar-refractivity contribution < 1.29 is 18.0 Å². The number of carbonyl (C=O) groups excluding carboxylic acids is 1. The van der Waals surface area contributed by atoms with E-state index in [0.717, 1.165) is 22.8 Å². The quantitative estimate of drug-likeness (QED) is 0.684. The van der Waals surface area contributed by atoms with Gasteiger partial charge in [0.25, 0.3) is 5.91 Å². The van der Waals surface area contributed by atoms with E-state index in [9.17, 15) is 27.6 Å². The molecule has 0 saturated carbocycles. The zero-order valence-electron chi connectivity index (χ0n) is 13.8. The number of hydrogen-bond acceptors (Lipinski definition) is 3. The Morgan fingerprint density at radius 3 is 2.44 bits per heavy atom. The standard InChI is InChI=1S/C18H14F3N3O3/c19-18(20,21)12-6-7-14-13(10-12)23-16(26)17(27)24(14)9-8-22-15(25)11-4-2-1-3-5-11/h1-7,10H,8-9H2,(H,22,25)(H,23,26). The predicted molar refractivity (Wildman–Crippen MR) is 92.6 cm³/mol. The van der Waals surface area contributed by atoms with Gasteiger partial charge in [-0.05, 0) is 30.3 Å². The van der Waals surface area contributed by atoms with Gasteiger partial charge in [-0.3, -0.25) is 14.4 Å². The van der Waals surface area contributed by atoms with Crippen molar-refractivity contribution in [2.24, 2.45) is 0 Å². The summed E-state index contributed by atoms with van der Waals surface area (Å²) in [5.41, 5.74) is -2.42. The summed E-state index contributed by atoms with van der Waals surface area (Å²) < 4.78 is 39.6. The fraction of sp³-hybridized carbons (Fsp3) is 0.167. The highest BCUT2D eigenvalue weighted by Crippen LogP contribution is 2.30. The Balaban J connectivity index is 1.87. The molecule has 0 spiro atoms. The van der Waals surface area contributed by atoms with Gasteiger partial charge in [-0.15, -0.1) is 0 Å². The molecule has 2 N–H and O–H groups in total. The molecule has 0 bridgehead atoms. The number of hydrogen-bond donors (Lipinski definition) is 2. The minimum Gasteiger partial charge on any atom is -0.350 e. The van der Waals surface area contributed by atoms with Crippen LogP contribution in [0.25, 0.3) is 11.0 Å². The van der Waals surface area contributed by atoms with Crippen molar-refractivity contribution >= 4 is 16.9 Å². The summed E-state index contributed by atoms with van der Waals surface area (Å²) in [5, 5.41) is 2.60. The molecule has 0 atom stereocenters. The molecule has 0 aliphatic rings. The topological polar surface area (TPSA) is 84.0 Å². The van der Waals surface area contributed by atoms with E-state index in [0.29, 0.717) is 5.56 Å². The van der Waals surface area contributed by atoms with Crippen LogP contribution in [0.2, 0.25) is 0 Å². The van der Waals surface area contributed by atoms with Gasteiger partial charge >= 0.3 is 17.3 Å². The molecule has 27 heavy (non-hydrogen) atoms. The van der Waals surface area contributed by atoms with E-state index in [1.807, 2.05) is 0 Å².